The van der Waals surface area contributed by atoms with Crippen molar-refractivity contribution in [3.05, 3.63) is 52.5 Å². The maximum atomic E-state index is 12.3. The Hall–Kier alpha value is -1.43. The van der Waals surface area contributed by atoms with Crippen LogP contribution in [-0.4, -0.2) is 14.5 Å². The summed E-state index contributed by atoms with van der Waals surface area (Å²) < 4.78 is 27.2. The van der Waals surface area contributed by atoms with Gasteiger partial charge in [-0.15, -0.1) is 0 Å². The van der Waals surface area contributed by atoms with Crippen LogP contribution < -0.4 is 10.0 Å². The van der Waals surface area contributed by atoms with Crippen LogP contribution in [0.3, 0.4) is 0 Å². The SMILES string of the molecule is CCC(C)Nc1ccc(NS(=O)(=O)c2ccc(Cl)c(Cl)c2)cc1. The lowest BCUT2D eigenvalue weighted by atomic mass is 10.2. The topological polar surface area (TPSA) is 58.2 Å². The lowest BCUT2D eigenvalue weighted by molar-refractivity contribution is 0.601. The Labute approximate surface area is 146 Å². The molecule has 2 N–H and O–H groups in total. The summed E-state index contributed by atoms with van der Waals surface area (Å²) in [5.41, 5.74) is 1.42. The van der Waals surface area contributed by atoms with Crippen LogP contribution in [0.25, 0.3) is 0 Å². The number of nitrogens with one attached hydrogen (secondary N) is 2. The predicted molar refractivity (Wildman–Crippen MR) is 97.1 cm³/mol. The van der Waals surface area contributed by atoms with Gasteiger partial charge in [0, 0.05) is 17.4 Å². The predicted octanol–water partition coefficient (Wildman–Crippen LogP) is 5.00. The van der Waals surface area contributed by atoms with Crippen LogP contribution in [0.1, 0.15) is 20.3 Å². The zero-order valence-electron chi connectivity index (χ0n) is 12.8. The van der Waals surface area contributed by atoms with E-state index in [1.807, 2.05) is 12.1 Å². The molecule has 1 atom stereocenters. The molecule has 0 heterocycles. The summed E-state index contributed by atoms with van der Waals surface area (Å²) in [6.45, 7) is 4.18. The van der Waals surface area contributed by atoms with Crippen LogP contribution in [0.4, 0.5) is 11.4 Å². The van der Waals surface area contributed by atoms with E-state index in [9.17, 15) is 8.42 Å². The first kappa shape index (κ1) is 17.9. The zero-order valence-corrected chi connectivity index (χ0v) is 15.1. The number of sulfonamides is 1. The summed E-state index contributed by atoms with van der Waals surface area (Å²) in [6, 6.07) is 11.6. The van der Waals surface area contributed by atoms with Crippen LogP contribution in [-0.2, 0) is 10.0 Å². The minimum Gasteiger partial charge on any atom is -0.383 e. The maximum absolute atomic E-state index is 12.3. The smallest absolute Gasteiger partial charge is 0.261 e. The maximum Gasteiger partial charge on any atom is 0.261 e. The van der Waals surface area contributed by atoms with Gasteiger partial charge >= 0.3 is 0 Å². The summed E-state index contributed by atoms with van der Waals surface area (Å²) >= 11 is 11.7. The zero-order chi connectivity index (χ0) is 17.0. The molecule has 0 aliphatic heterocycles. The van der Waals surface area contributed by atoms with Crippen LogP contribution in [0.5, 0.6) is 0 Å². The summed E-state index contributed by atoms with van der Waals surface area (Å²) in [7, 11) is -3.71. The number of hydrogen-bond donors (Lipinski definition) is 2. The molecular formula is C16H18Cl2N2O2S. The number of anilines is 2. The largest absolute Gasteiger partial charge is 0.383 e. The molecule has 4 nitrogen and oxygen atoms in total. The van der Waals surface area contributed by atoms with Crippen molar-refractivity contribution in [1.29, 1.82) is 0 Å². The van der Waals surface area contributed by atoms with Gasteiger partial charge in [-0.05, 0) is 55.8 Å². The van der Waals surface area contributed by atoms with Gasteiger partial charge in [0.05, 0.1) is 14.9 Å². The molecule has 2 rings (SSSR count). The van der Waals surface area contributed by atoms with Crippen molar-refractivity contribution in [2.75, 3.05) is 10.0 Å². The van der Waals surface area contributed by atoms with E-state index in [-0.39, 0.29) is 9.92 Å². The molecule has 0 radical (unpaired) electrons. The van der Waals surface area contributed by atoms with Gasteiger partial charge in [0.15, 0.2) is 0 Å². The van der Waals surface area contributed by atoms with Crippen molar-refractivity contribution < 1.29 is 8.42 Å². The van der Waals surface area contributed by atoms with Gasteiger partial charge in [-0.25, -0.2) is 8.42 Å². The molecular weight excluding hydrogens is 355 g/mol. The summed E-state index contributed by atoms with van der Waals surface area (Å²) in [5, 5.41) is 3.83. The van der Waals surface area contributed by atoms with Gasteiger partial charge < -0.3 is 5.32 Å². The van der Waals surface area contributed by atoms with Crippen molar-refractivity contribution in [2.45, 2.75) is 31.2 Å². The first-order chi connectivity index (χ1) is 10.8. The fourth-order valence-corrected chi connectivity index (χ4v) is 3.33. The molecule has 7 heteroatoms. The Bertz CT molecular complexity index is 777. The van der Waals surface area contributed by atoms with E-state index in [1.165, 1.54) is 18.2 Å². The molecule has 124 valence electrons. The van der Waals surface area contributed by atoms with Crippen molar-refractivity contribution in [3.8, 4) is 0 Å². The van der Waals surface area contributed by atoms with Crippen LogP contribution >= 0.6 is 23.2 Å². The summed E-state index contributed by atoms with van der Waals surface area (Å²) in [6.07, 6.45) is 1.01. The van der Waals surface area contributed by atoms with Gasteiger partial charge in [-0.2, -0.15) is 0 Å². The third kappa shape index (κ3) is 4.77. The number of halogens is 2. The Kier molecular flexibility index (Phi) is 5.79. The molecule has 23 heavy (non-hydrogen) atoms. The molecule has 2 aromatic rings. The normalized spacial score (nSPS) is 12.7. The Morgan fingerprint density at radius 3 is 2.17 bits per heavy atom. The van der Waals surface area contributed by atoms with Crippen molar-refractivity contribution >= 4 is 44.6 Å². The highest BCUT2D eigenvalue weighted by molar-refractivity contribution is 7.92. The van der Waals surface area contributed by atoms with Crippen LogP contribution in [0.15, 0.2) is 47.4 Å². The number of hydrogen-bond acceptors (Lipinski definition) is 3. The Morgan fingerprint density at radius 2 is 1.61 bits per heavy atom. The van der Waals surface area contributed by atoms with E-state index in [0.717, 1.165) is 12.1 Å². The lowest BCUT2D eigenvalue weighted by Crippen LogP contribution is -2.14. The van der Waals surface area contributed by atoms with E-state index in [4.69, 9.17) is 23.2 Å². The molecule has 0 aliphatic carbocycles. The van der Waals surface area contributed by atoms with E-state index in [0.29, 0.717) is 16.8 Å². The van der Waals surface area contributed by atoms with Gasteiger partial charge in [-0.3, -0.25) is 4.72 Å². The van der Waals surface area contributed by atoms with Gasteiger partial charge in [-0.1, -0.05) is 30.1 Å². The second-order valence-electron chi connectivity index (χ2n) is 5.21. The van der Waals surface area contributed by atoms with Crippen LogP contribution in [0.2, 0.25) is 10.0 Å². The molecule has 0 aliphatic rings. The van der Waals surface area contributed by atoms with Crippen LogP contribution in [0, 0.1) is 0 Å². The highest BCUT2D eigenvalue weighted by Gasteiger charge is 2.15. The molecule has 0 spiro atoms. The fourth-order valence-electron chi connectivity index (χ4n) is 1.88. The van der Waals surface area contributed by atoms with Gasteiger partial charge in [0.2, 0.25) is 0 Å². The third-order valence-corrected chi connectivity index (χ3v) is 5.48. The highest BCUT2D eigenvalue weighted by Crippen LogP contribution is 2.26. The first-order valence-electron chi connectivity index (χ1n) is 7.16. The molecule has 0 fully saturated rings. The Balaban J connectivity index is 2.15. The average Bonchev–Trinajstić information content (AvgIpc) is 2.51. The number of rotatable bonds is 6. The van der Waals surface area contributed by atoms with Crippen molar-refractivity contribution in [2.24, 2.45) is 0 Å². The fraction of sp³-hybridized carbons (Fsp3) is 0.250. The monoisotopic (exact) mass is 372 g/mol. The molecule has 0 saturated heterocycles. The van der Waals surface area contributed by atoms with E-state index in [1.54, 1.807) is 12.1 Å². The molecule has 0 saturated carbocycles. The van der Waals surface area contributed by atoms with E-state index >= 15 is 0 Å². The second kappa shape index (κ2) is 7.43. The van der Waals surface area contributed by atoms with Gasteiger partial charge in [0.1, 0.15) is 0 Å². The highest BCUT2D eigenvalue weighted by atomic mass is 35.5. The minimum atomic E-state index is -3.71. The van der Waals surface area contributed by atoms with E-state index < -0.39 is 10.0 Å². The van der Waals surface area contributed by atoms with E-state index in [2.05, 4.69) is 23.9 Å². The van der Waals surface area contributed by atoms with Gasteiger partial charge in [0.25, 0.3) is 10.0 Å². The molecule has 0 bridgehead atoms. The third-order valence-electron chi connectivity index (χ3n) is 3.36. The summed E-state index contributed by atoms with van der Waals surface area (Å²) in [4.78, 5) is 0.0636. The summed E-state index contributed by atoms with van der Waals surface area (Å²) in [5.74, 6) is 0. The quantitative estimate of drug-likeness (QED) is 0.749. The second-order valence-corrected chi connectivity index (χ2v) is 7.71. The van der Waals surface area contributed by atoms with Crippen molar-refractivity contribution in [3.63, 3.8) is 0 Å². The van der Waals surface area contributed by atoms with Crippen molar-refractivity contribution in [1.82, 2.24) is 0 Å². The molecule has 1 unspecified atom stereocenters. The average molecular weight is 373 g/mol. The molecule has 2 aromatic carbocycles. The molecule has 0 amide bonds. The number of benzene rings is 2. The minimum absolute atomic E-state index is 0.0636. The lowest BCUT2D eigenvalue weighted by Gasteiger charge is -2.14. The standard InChI is InChI=1S/C16H18Cl2N2O2S/c1-3-11(2)19-12-4-6-13(7-5-12)20-23(21,22)14-8-9-15(17)16(18)10-14/h4-11,19-20H,3H2,1-2H3. The Morgan fingerprint density at radius 1 is 1.00 bits per heavy atom. The first-order valence-corrected chi connectivity index (χ1v) is 9.40. The molecule has 0 aromatic heterocycles.